The molecule has 0 N–H and O–H groups in total. The molecule has 456 valence electrons. The van der Waals surface area contributed by atoms with E-state index in [2.05, 4.69) is 54.2 Å². The number of thiol groups is 1. The van der Waals surface area contributed by atoms with Crippen LogP contribution in [0.3, 0.4) is 0 Å². The Bertz CT molecular complexity index is 1420. The van der Waals surface area contributed by atoms with E-state index in [1.807, 2.05) is 46.7 Å². The second kappa shape index (κ2) is 59.1. The largest absolute Gasteiger partial charge is 0.464 e. The predicted molar refractivity (Wildman–Crippen MR) is 319 cm³/mol. The van der Waals surface area contributed by atoms with Crippen LogP contribution in [0.5, 0.6) is 0 Å². The number of carbonyl (C=O) groups is 7. The monoisotopic (exact) mass is 1140 g/mol. The van der Waals surface area contributed by atoms with Crippen LogP contribution in [-0.2, 0) is 57.2 Å². The summed E-state index contributed by atoms with van der Waals surface area (Å²) in [6.45, 7) is 25.1. The van der Waals surface area contributed by atoms with Crippen molar-refractivity contribution in [3.8, 4) is 0 Å². The molecule has 0 aromatic rings. The lowest BCUT2D eigenvalue weighted by Crippen LogP contribution is -2.33. The molecular formula is C60H116N2O13S2. The second-order valence-electron chi connectivity index (χ2n) is 20.5. The topological polar surface area (TPSA) is 181 Å². The average Bonchev–Trinajstić information content (AvgIpc) is 3.41. The molecule has 0 heterocycles. The first-order chi connectivity index (χ1) is 36.9. The van der Waals surface area contributed by atoms with Gasteiger partial charge in [0.15, 0.2) is 12.2 Å². The molecule has 17 heteroatoms. The van der Waals surface area contributed by atoms with Crippen molar-refractivity contribution in [3.05, 3.63) is 0 Å². The minimum Gasteiger partial charge on any atom is -0.464 e. The molecule has 0 aliphatic heterocycles. The molecule has 0 aromatic carbocycles. The van der Waals surface area contributed by atoms with Crippen LogP contribution in [0.15, 0.2) is 0 Å². The van der Waals surface area contributed by atoms with Crippen molar-refractivity contribution in [1.82, 2.24) is 9.80 Å². The van der Waals surface area contributed by atoms with E-state index in [1.165, 1.54) is 50.3 Å². The van der Waals surface area contributed by atoms with E-state index in [0.29, 0.717) is 44.4 Å². The van der Waals surface area contributed by atoms with Gasteiger partial charge in [-0.1, -0.05) is 185 Å². The summed E-state index contributed by atoms with van der Waals surface area (Å²) in [5.74, 6) is -0.802. The summed E-state index contributed by atoms with van der Waals surface area (Å²) in [6.07, 6.45) is 19.8. The highest BCUT2D eigenvalue weighted by Crippen LogP contribution is 2.17. The summed E-state index contributed by atoms with van der Waals surface area (Å²) in [5.41, 5.74) is 0. The van der Waals surface area contributed by atoms with Gasteiger partial charge in [0.25, 0.3) is 11.7 Å². The first kappa shape index (κ1) is 80.4. The highest BCUT2D eigenvalue weighted by Gasteiger charge is 2.25. The molecule has 0 aromatic heterocycles. The summed E-state index contributed by atoms with van der Waals surface area (Å²) in [7, 11) is 3.93. The maximum atomic E-state index is 13.3. The molecule has 0 fully saturated rings. The van der Waals surface area contributed by atoms with Crippen LogP contribution in [-0.4, -0.2) is 135 Å². The van der Waals surface area contributed by atoms with E-state index in [0.717, 1.165) is 82.4 Å². The smallest absolute Gasteiger partial charge is 0.308 e. The number of rotatable bonds is 45. The van der Waals surface area contributed by atoms with Crippen molar-refractivity contribution in [2.75, 3.05) is 71.7 Å². The summed E-state index contributed by atoms with van der Waals surface area (Å²) < 4.78 is 32.2. The maximum absolute atomic E-state index is 13.3. The van der Waals surface area contributed by atoms with Crippen LogP contribution >= 0.6 is 24.4 Å². The first-order valence-electron chi connectivity index (χ1n) is 30.0. The number of hydrogen-bond acceptors (Lipinski definition) is 16. The van der Waals surface area contributed by atoms with Gasteiger partial charge in [-0.2, -0.15) is 12.6 Å². The lowest BCUT2D eigenvalue weighted by Gasteiger charge is -2.23. The van der Waals surface area contributed by atoms with Gasteiger partial charge in [-0.3, -0.25) is 33.6 Å². The van der Waals surface area contributed by atoms with Gasteiger partial charge >= 0.3 is 29.8 Å². The van der Waals surface area contributed by atoms with E-state index in [4.69, 9.17) is 28.4 Å². The molecule has 0 aliphatic carbocycles. The van der Waals surface area contributed by atoms with Gasteiger partial charge in [-0.15, -0.1) is 0 Å². The molecule has 0 aliphatic rings. The van der Waals surface area contributed by atoms with E-state index in [9.17, 15) is 33.6 Å². The summed E-state index contributed by atoms with van der Waals surface area (Å²) in [4.78, 5) is 91.3. The second-order valence-corrected chi connectivity index (χ2v) is 22.0. The number of esters is 5. The number of unbranched alkanes of at least 4 members (excludes halogenated alkanes) is 11. The SMILES string of the molecule is CC.CCCCCCC(C)C.CCCCCCCC(C)C(=O)OCC(COC(=O)C(C)CC)OC(=O)CCCN(CCCCC(=O)OC(COC=O)COC(=O)C(C)CCCCCC)C(=O)SCCCN(C)C.CCCS. The minimum atomic E-state index is -0.985. The van der Waals surface area contributed by atoms with E-state index in [1.54, 1.807) is 18.7 Å². The molecular weight excluding hydrogens is 1020 g/mol. The van der Waals surface area contributed by atoms with Crippen molar-refractivity contribution >= 4 is 65.9 Å². The fraction of sp³-hybridized carbons (Fsp3) is 0.883. The van der Waals surface area contributed by atoms with E-state index >= 15 is 0 Å². The Balaban J connectivity index is -0.00000155. The Hall–Kier alpha value is -3.05. The van der Waals surface area contributed by atoms with Crippen LogP contribution in [0.1, 0.15) is 237 Å². The lowest BCUT2D eigenvalue weighted by molar-refractivity contribution is -0.169. The number of nitrogens with zero attached hydrogens (tertiary/aromatic N) is 2. The molecule has 0 saturated carbocycles. The first-order valence-corrected chi connectivity index (χ1v) is 31.6. The standard InChI is InChI=1S/C46H82N2O13S.C9H20.C3H8S.C2H6/c1-9-12-14-16-18-24-38(6)45(54)59-34-40(33-57-43(52)36(4)11-3)61-42(51)26-21-29-48(46(55)62-30-22-27-47(7)8)28-20-19-25-41(50)60-39(31-56-35-49)32-58-44(53)37(5)23-17-15-13-10-2;1-4-5-6-7-8-9(2)3;1-2-3-4;1-2/h35-40H,9-34H2,1-8H3;9H,4-8H2,1-3H3;4H,2-3H2,1H3;1-2H3. The van der Waals surface area contributed by atoms with Crippen LogP contribution in [0.4, 0.5) is 4.79 Å². The molecule has 0 saturated heterocycles. The maximum Gasteiger partial charge on any atom is 0.308 e. The van der Waals surface area contributed by atoms with Gasteiger partial charge in [0.05, 0.1) is 17.8 Å². The molecule has 1 amide bonds. The molecule has 77 heavy (non-hydrogen) atoms. The molecule has 5 atom stereocenters. The average molecular weight is 1140 g/mol. The van der Waals surface area contributed by atoms with Crippen molar-refractivity contribution in [1.29, 1.82) is 0 Å². The highest BCUT2D eigenvalue weighted by atomic mass is 32.2. The molecule has 0 rings (SSSR count). The minimum absolute atomic E-state index is 0.0228. The quantitative estimate of drug-likeness (QED) is 0.0200. The molecule has 0 spiro atoms. The number of ether oxygens (including phenoxy) is 6. The van der Waals surface area contributed by atoms with Gasteiger partial charge in [0.1, 0.15) is 26.4 Å². The third-order valence-corrected chi connectivity index (χ3v) is 13.6. The molecule has 15 nitrogen and oxygen atoms in total. The third kappa shape index (κ3) is 54.7. The summed E-state index contributed by atoms with van der Waals surface area (Å²) >= 11 is 5.12. The van der Waals surface area contributed by atoms with Crippen LogP contribution in [0.25, 0.3) is 0 Å². The van der Waals surface area contributed by atoms with Gasteiger partial charge in [0, 0.05) is 31.7 Å². The number of carbonyl (C=O) groups excluding carboxylic acids is 7. The lowest BCUT2D eigenvalue weighted by atomic mass is 10.0. The number of thioether (sulfide) groups is 1. The van der Waals surface area contributed by atoms with Gasteiger partial charge < -0.3 is 38.2 Å². The van der Waals surface area contributed by atoms with Crippen LogP contribution < -0.4 is 0 Å². The Morgan fingerprint density at radius 1 is 0.506 bits per heavy atom. The Kier molecular flexibility index (Phi) is 61.7. The zero-order chi connectivity index (χ0) is 59.1. The Morgan fingerprint density at radius 2 is 0.922 bits per heavy atom. The molecule has 5 unspecified atom stereocenters. The van der Waals surface area contributed by atoms with Crippen molar-refractivity contribution < 1.29 is 62.0 Å². The van der Waals surface area contributed by atoms with Crippen LogP contribution in [0.2, 0.25) is 0 Å². The van der Waals surface area contributed by atoms with E-state index in [-0.39, 0.29) is 81.7 Å². The summed E-state index contributed by atoms with van der Waals surface area (Å²) in [6, 6.07) is 0. The molecule has 0 radical (unpaired) electrons. The highest BCUT2D eigenvalue weighted by molar-refractivity contribution is 8.13. The Morgan fingerprint density at radius 3 is 1.35 bits per heavy atom. The van der Waals surface area contributed by atoms with Crippen molar-refractivity contribution in [2.24, 2.45) is 23.7 Å². The van der Waals surface area contributed by atoms with Gasteiger partial charge in [-0.05, 0) is 83.7 Å². The summed E-state index contributed by atoms with van der Waals surface area (Å²) in [5, 5.41) is -0.145. The number of amides is 1. The third-order valence-electron chi connectivity index (χ3n) is 12.2. The fourth-order valence-electron chi connectivity index (χ4n) is 7.05. The normalized spacial score (nSPS) is 12.6. The Labute approximate surface area is 480 Å². The zero-order valence-corrected chi connectivity index (χ0v) is 53.1. The fourth-order valence-corrected chi connectivity index (χ4v) is 7.86. The van der Waals surface area contributed by atoms with Crippen molar-refractivity contribution in [2.45, 2.75) is 249 Å². The predicted octanol–water partition coefficient (Wildman–Crippen LogP) is 14.3. The zero-order valence-electron chi connectivity index (χ0n) is 51.4. The van der Waals surface area contributed by atoms with Gasteiger partial charge in [0.2, 0.25) is 0 Å². The number of hydrogen-bond donors (Lipinski definition) is 1. The van der Waals surface area contributed by atoms with Gasteiger partial charge in [-0.25, -0.2) is 0 Å². The van der Waals surface area contributed by atoms with Crippen molar-refractivity contribution in [3.63, 3.8) is 0 Å². The van der Waals surface area contributed by atoms with Crippen LogP contribution in [0, 0.1) is 23.7 Å². The molecule has 0 bridgehead atoms. The van der Waals surface area contributed by atoms with E-state index < -0.39 is 42.1 Å².